The maximum atomic E-state index is 12.2. The number of nitrogens with one attached hydrogen (secondary N) is 1. The lowest BCUT2D eigenvalue weighted by Gasteiger charge is -2.26. The topological polar surface area (TPSA) is 88.3 Å². The van der Waals surface area contributed by atoms with Gasteiger partial charge in [0.15, 0.2) is 5.13 Å². The Balaban J connectivity index is 2.02. The third-order valence-corrected chi connectivity index (χ3v) is 3.96. The number of hydrogen-bond acceptors (Lipinski definition) is 5. The minimum Gasteiger partial charge on any atom is -0.330 e. The van der Waals surface area contributed by atoms with Crippen molar-refractivity contribution in [3.8, 4) is 0 Å². The van der Waals surface area contributed by atoms with Crippen LogP contribution in [0.4, 0.5) is 5.13 Å². The lowest BCUT2D eigenvalue weighted by Crippen LogP contribution is -2.46. The summed E-state index contributed by atoms with van der Waals surface area (Å²) in [5.74, 6) is -0.447. The maximum Gasteiger partial charge on any atom is 0.248 e. The van der Waals surface area contributed by atoms with E-state index in [-0.39, 0.29) is 17.7 Å². The van der Waals surface area contributed by atoms with Gasteiger partial charge in [-0.05, 0) is 12.8 Å². The van der Waals surface area contributed by atoms with Crippen molar-refractivity contribution in [1.82, 2.24) is 9.88 Å². The number of likely N-dealkylation sites (tertiary alicyclic amines) is 1. The highest BCUT2D eigenvalue weighted by Crippen LogP contribution is 2.21. The molecule has 2 heterocycles. The summed E-state index contributed by atoms with van der Waals surface area (Å²) in [5, 5.41) is 5.11. The average Bonchev–Trinajstić information content (AvgIpc) is 3.07. The lowest BCUT2D eigenvalue weighted by atomic mass is 10.1. The van der Waals surface area contributed by atoms with Crippen LogP contribution in [0.3, 0.4) is 0 Å². The summed E-state index contributed by atoms with van der Waals surface area (Å²) in [5.41, 5.74) is 5.52. The molecule has 1 aliphatic heterocycles. The van der Waals surface area contributed by atoms with Crippen LogP contribution in [0.25, 0.3) is 0 Å². The Morgan fingerprint density at radius 1 is 1.68 bits per heavy atom. The summed E-state index contributed by atoms with van der Waals surface area (Å²) in [4.78, 5) is 30.0. The quantitative estimate of drug-likeness (QED) is 0.849. The van der Waals surface area contributed by atoms with Crippen LogP contribution in [0.15, 0.2) is 11.6 Å². The zero-order valence-electron chi connectivity index (χ0n) is 10.8. The van der Waals surface area contributed by atoms with Gasteiger partial charge in [0.1, 0.15) is 6.04 Å². The molecule has 0 aromatic carbocycles. The maximum absolute atomic E-state index is 12.2. The molecule has 1 aromatic rings. The molecule has 2 atom stereocenters. The van der Waals surface area contributed by atoms with Crippen LogP contribution in [0, 0.1) is 5.92 Å². The molecule has 0 saturated carbocycles. The van der Waals surface area contributed by atoms with Crippen molar-refractivity contribution in [2.45, 2.75) is 25.8 Å². The van der Waals surface area contributed by atoms with E-state index in [0.29, 0.717) is 24.6 Å². The molecule has 3 N–H and O–H groups in total. The first-order valence-electron chi connectivity index (χ1n) is 6.34. The van der Waals surface area contributed by atoms with Crippen LogP contribution in [0.1, 0.15) is 19.8 Å². The largest absolute Gasteiger partial charge is 0.330 e. The highest BCUT2D eigenvalue weighted by Gasteiger charge is 2.35. The standard InChI is InChI=1S/C12H18N4O2S/c1-8(7-13)11(18)16-5-2-3-9(16)10(17)15-12-14-4-6-19-12/h4,6,8-9H,2-3,5,7,13H2,1H3,(H,14,15,17). The van der Waals surface area contributed by atoms with Crippen molar-refractivity contribution in [3.63, 3.8) is 0 Å². The number of nitrogens with zero attached hydrogens (tertiary/aromatic N) is 2. The summed E-state index contributed by atoms with van der Waals surface area (Å²) < 4.78 is 0. The Kier molecular flexibility index (Phi) is 4.49. The minimum absolute atomic E-state index is 0.0423. The van der Waals surface area contributed by atoms with Crippen LogP contribution in [0.2, 0.25) is 0 Å². The molecule has 6 nitrogen and oxygen atoms in total. The van der Waals surface area contributed by atoms with Gasteiger partial charge in [0, 0.05) is 30.6 Å². The summed E-state index contributed by atoms with van der Waals surface area (Å²) in [6.45, 7) is 2.71. The molecule has 2 rings (SSSR count). The Morgan fingerprint density at radius 2 is 2.47 bits per heavy atom. The van der Waals surface area contributed by atoms with Gasteiger partial charge in [-0.15, -0.1) is 11.3 Å². The first kappa shape index (κ1) is 14.0. The number of aromatic nitrogens is 1. The molecule has 104 valence electrons. The van der Waals surface area contributed by atoms with E-state index >= 15 is 0 Å². The van der Waals surface area contributed by atoms with E-state index in [4.69, 9.17) is 5.73 Å². The Bertz CT molecular complexity index is 449. The van der Waals surface area contributed by atoms with Crippen molar-refractivity contribution in [1.29, 1.82) is 0 Å². The van der Waals surface area contributed by atoms with Gasteiger partial charge in [0.25, 0.3) is 0 Å². The Morgan fingerprint density at radius 3 is 3.11 bits per heavy atom. The number of thiazole rings is 1. The third-order valence-electron chi connectivity index (χ3n) is 3.28. The molecule has 2 unspecified atom stereocenters. The van der Waals surface area contributed by atoms with E-state index in [1.807, 2.05) is 0 Å². The molecule has 1 saturated heterocycles. The fourth-order valence-electron chi connectivity index (χ4n) is 2.16. The molecular weight excluding hydrogens is 264 g/mol. The van der Waals surface area contributed by atoms with Crippen LogP contribution in [-0.4, -0.2) is 40.8 Å². The minimum atomic E-state index is -0.398. The smallest absolute Gasteiger partial charge is 0.248 e. The van der Waals surface area contributed by atoms with Crippen LogP contribution >= 0.6 is 11.3 Å². The van der Waals surface area contributed by atoms with Gasteiger partial charge in [-0.25, -0.2) is 4.98 Å². The van der Waals surface area contributed by atoms with E-state index in [9.17, 15) is 9.59 Å². The van der Waals surface area contributed by atoms with E-state index in [1.165, 1.54) is 11.3 Å². The average molecular weight is 282 g/mol. The van der Waals surface area contributed by atoms with Crippen LogP contribution < -0.4 is 11.1 Å². The number of anilines is 1. The summed E-state index contributed by atoms with van der Waals surface area (Å²) in [6, 6.07) is -0.398. The molecule has 19 heavy (non-hydrogen) atoms. The van der Waals surface area contributed by atoms with Crippen molar-refractivity contribution >= 4 is 28.3 Å². The van der Waals surface area contributed by atoms with Gasteiger partial charge < -0.3 is 16.0 Å². The number of carbonyl (C=O) groups excluding carboxylic acids is 2. The van der Waals surface area contributed by atoms with Crippen molar-refractivity contribution in [3.05, 3.63) is 11.6 Å². The number of carbonyl (C=O) groups is 2. The second-order valence-corrected chi connectivity index (χ2v) is 5.55. The Hall–Kier alpha value is -1.47. The van der Waals surface area contributed by atoms with Crippen molar-refractivity contribution < 1.29 is 9.59 Å². The fourth-order valence-corrected chi connectivity index (χ4v) is 2.69. The molecule has 1 fully saturated rings. The predicted molar refractivity (Wildman–Crippen MR) is 73.7 cm³/mol. The highest BCUT2D eigenvalue weighted by molar-refractivity contribution is 7.13. The van der Waals surface area contributed by atoms with Crippen LogP contribution in [0.5, 0.6) is 0 Å². The number of amides is 2. The molecule has 7 heteroatoms. The monoisotopic (exact) mass is 282 g/mol. The highest BCUT2D eigenvalue weighted by atomic mass is 32.1. The summed E-state index contributed by atoms with van der Waals surface area (Å²) >= 11 is 1.36. The predicted octanol–water partition coefficient (Wildman–Crippen LogP) is 0.667. The van der Waals surface area contributed by atoms with Crippen LogP contribution in [-0.2, 0) is 9.59 Å². The van der Waals surface area contributed by atoms with Gasteiger partial charge >= 0.3 is 0 Å². The fraction of sp³-hybridized carbons (Fsp3) is 0.583. The molecule has 2 amide bonds. The lowest BCUT2D eigenvalue weighted by molar-refractivity contribution is -0.139. The molecular formula is C12H18N4O2S. The summed E-state index contributed by atoms with van der Waals surface area (Å²) in [6.07, 6.45) is 3.17. The van der Waals surface area contributed by atoms with E-state index < -0.39 is 6.04 Å². The molecule has 1 aromatic heterocycles. The van der Waals surface area contributed by atoms with E-state index in [0.717, 1.165) is 6.42 Å². The molecule has 0 bridgehead atoms. The van der Waals surface area contributed by atoms with Gasteiger partial charge in [-0.2, -0.15) is 0 Å². The number of hydrogen-bond donors (Lipinski definition) is 2. The normalized spacial score (nSPS) is 20.3. The summed E-state index contributed by atoms with van der Waals surface area (Å²) in [7, 11) is 0. The first-order valence-corrected chi connectivity index (χ1v) is 7.22. The van der Waals surface area contributed by atoms with E-state index in [1.54, 1.807) is 23.4 Å². The first-order chi connectivity index (χ1) is 9.13. The second kappa shape index (κ2) is 6.12. The number of nitrogens with two attached hydrogens (primary N) is 1. The molecule has 0 spiro atoms. The third kappa shape index (κ3) is 3.10. The van der Waals surface area contributed by atoms with Gasteiger partial charge in [-0.1, -0.05) is 6.92 Å². The zero-order valence-corrected chi connectivity index (χ0v) is 11.7. The van der Waals surface area contributed by atoms with Gasteiger partial charge in [0.05, 0.1) is 0 Å². The van der Waals surface area contributed by atoms with Gasteiger partial charge in [-0.3, -0.25) is 9.59 Å². The zero-order chi connectivity index (χ0) is 13.8. The van der Waals surface area contributed by atoms with Gasteiger partial charge in [0.2, 0.25) is 11.8 Å². The van der Waals surface area contributed by atoms with Crippen molar-refractivity contribution in [2.75, 3.05) is 18.4 Å². The SMILES string of the molecule is CC(CN)C(=O)N1CCCC1C(=O)Nc1nccs1. The van der Waals surface area contributed by atoms with Crippen molar-refractivity contribution in [2.24, 2.45) is 11.7 Å². The Labute approximate surface area is 116 Å². The molecule has 1 aliphatic rings. The second-order valence-electron chi connectivity index (χ2n) is 4.65. The molecule has 0 radical (unpaired) electrons. The van der Waals surface area contributed by atoms with E-state index in [2.05, 4.69) is 10.3 Å². The molecule has 0 aliphatic carbocycles. The number of rotatable bonds is 4.